The van der Waals surface area contributed by atoms with E-state index in [-0.39, 0.29) is 12.5 Å². The van der Waals surface area contributed by atoms with Crippen LogP contribution in [0.2, 0.25) is 0 Å². The third-order valence-corrected chi connectivity index (χ3v) is 5.07. The lowest BCUT2D eigenvalue weighted by Gasteiger charge is -2.27. The minimum atomic E-state index is -0.0843. The molecule has 0 unspecified atom stereocenters. The molecule has 0 radical (unpaired) electrons. The molecule has 4 rings (SSSR count). The molecule has 1 amide bonds. The highest BCUT2D eigenvalue weighted by Crippen LogP contribution is 2.22. The predicted molar refractivity (Wildman–Crippen MR) is 112 cm³/mol. The summed E-state index contributed by atoms with van der Waals surface area (Å²) in [6.07, 6.45) is 3.24. The van der Waals surface area contributed by atoms with Crippen LogP contribution in [0.3, 0.4) is 0 Å². The lowest BCUT2D eigenvalue weighted by atomic mass is 10.0. The summed E-state index contributed by atoms with van der Waals surface area (Å²) in [4.78, 5) is 14.5. The monoisotopic (exact) mass is 390 g/mol. The number of hydrogen-bond acceptors (Lipinski definition) is 5. The largest absolute Gasteiger partial charge is 0.350 e. The minimum Gasteiger partial charge on any atom is -0.350 e. The first-order valence-electron chi connectivity index (χ1n) is 9.98. The highest BCUT2D eigenvalue weighted by Gasteiger charge is 2.10. The van der Waals surface area contributed by atoms with Crippen molar-refractivity contribution >= 4 is 5.91 Å². The van der Waals surface area contributed by atoms with Crippen molar-refractivity contribution in [1.29, 1.82) is 0 Å². The molecule has 150 valence electrons. The Labute approximate surface area is 170 Å². The fourth-order valence-electron chi connectivity index (χ4n) is 3.56. The van der Waals surface area contributed by atoms with Crippen LogP contribution in [0.15, 0.2) is 60.9 Å². The van der Waals surface area contributed by atoms with E-state index < -0.39 is 0 Å². The van der Waals surface area contributed by atoms with Crippen molar-refractivity contribution in [3.63, 3.8) is 0 Å². The van der Waals surface area contributed by atoms with Gasteiger partial charge in [0.1, 0.15) is 6.54 Å². The first-order chi connectivity index (χ1) is 14.3. The summed E-state index contributed by atoms with van der Waals surface area (Å²) in [7, 11) is 0. The molecular formula is C22H26N6O. The number of aromatic nitrogens is 3. The maximum Gasteiger partial charge on any atom is 0.242 e. The van der Waals surface area contributed by atoms with E-state index in [4.69, 9.17) is 0 Å². The Bertz CT molecular complexity index is 934. The molecule has 29 heavy (non-hydrogen) atoms. The van der Waals surface area contributed by atoms with Gasteiger partial charge in [-0.3, -0.25) is 9.69 Å². The van der Waals surface area contributed by atoms with Gasteiger partial charge < -0.3 is 10.6 Å². The van der Waals surface area contributed by atoms with Crippen LogP contribution in [0, 0.1) is 0 Å². The van der Waals surface area contributed by atoms with E-state index in [1.807, 2.05) is 12.1 Å². The van der Waals surface area contributed by atoms with E-state index in [1.165, 1.54) is 15.8 Å². The lowest BCUT2D eigenvalue weighted by Crippen LogP contribution is -2.42. The second kappa shape index (κ2) is 9.45. The van der Waals surface area contributed by atoms with E-state index in [0.717, 1.165) is 43.9 Å². The Hall–Kier alpha value is -3.03. The number of benzene rings is 2. The molecule has 0 bridgehead atoms. The van der Waals surface area contributed by atoms with Crippen molar-refractivity contribution < 1.29 is 4.79 Å². The predicted octanol–water partition coefficient (Wildman–Crippen LogP) is 1.67. The van der Waals surface area contributed by atoms with Crippen molar-refractivity contribution in [2.45, 2.75) is 19.6 Å². The molecular weight excluding hydrogens is 364 g/mol. The Kier molecular flexibility index (Phi) is 6.29. The number of carbonyl (C=O) groups is 1. The van der Waals surface area contributed by atoms with Gasteiger partial charge in [0, 0.05) is 45.5 Å². The zero-order valence-electron chi connectivity index (χ0n) is 16.4. The molecule has 2 heterocycles. The Morgan fingerprint density at radius 3 is 2.48 bits per heavy atom. The fraction of sp³-hybridized carbons (Fsp3) is 0.318. The van der Waals surface area contributed by atoms with Gasteiger partial charge >= 0.3 is 0 Å². The fourth-order valence-corrected chi connectivity index (χ4v) is 3.56. The van der Waals surface area contributed by atoms with Crippen LogP contribution >= 0.6 is 0 Å². The maximum atomic E-state index is 12.1. The zero-order chi connectivity index (χ0) is 19.9. The third-order valence-electron chi connectivity index (χ3n) is 5.07. The number of nitrogens with zero attached hydrogens (tertiary/aromatic N) is 4. The van der Waals surface area contributed by atoms with Gasteiger partial charge in [-0.1, -0.05) is 41.6 Å². The van der Waals surface area contributed by atoms with Crippen molar-refractivity contribution in [3.05, 3.63) is 72.1 Å². The summed E-state index contributed by atoms with van der Waals surface area (Å²) in [6.45, 7) is 5.94. The molecule has 2 aromatic carbocycles. The van der Waals surface area contributed by atoms with Crippen LogP contribution in [-0.4, -0.2) is 52.0 Å². The van der Waals surface area contributed by atoms with Crippen LogP contribution in [0.4, 0.5) is 0 Å². The molecule has 1 aromatic heterocycles. The van der Waals surface area contributed by atoms with Crippen LogP contribution in [0.1, 0.15) is 11.1 Å². The Morgan fingerprint density at radius 2 is 1.76 bits per heavy atom. The minimum absolute atomic E-state index is 0.0843. The summed E-state index contributed by atoms with van der Waals surface area (Å²) < 4.78 is 1.51. The average molecular weight is 390 g/mol. The van der Waals surface area contributed by atoms with Gasteiger partial charge in [0.15, 0.2) is 0 Å². The zero-order valence-corrected chi connectivity index (χ0v) is 16.4. The molecule has 0 saturated carbocycles. The lowest BCUT2D eigenvalue weighted by molar-refractivity contribution is -0.122. The summed E-state index contributed by atoms with van der Waals surface area (Å²) in [5.74, 6) is -0.0843. The molecule has 0 atom stereocenters. The van der Waals surface area contributed by atoms with Gasteiger partial charge in [0.05, 0.1) is 6.20 Å². The molecule has 7 nitrogen and oxygen atoms in total. The first-order valence-corrected chi connectivity index (χ1v) is 9.98. The van der Waals surface area contributed by atoms with Crippen molar-refractivity contribution in [1.82, 2.24) is 30.5 Å². The quantitative estimate of drug-likeness (QED) is 0.642. The summed E-state index contributed by atoms with van der Waals surface area (Å²) in [6, 6.07) is 17.1. The van der Waals surface area contributed by atoms with Gasteiger partial charge in [-0.15, -0.1) is 5.10 Å². The van der Waals surface area contributed by atoms with Crippen LogP contribution in [0.5, 0.6) is 0 Å². The standard InChI is InChI=1S/C22H26N6O/c29-22(17-28-12-9-25-26-28)24-15-18-3-1-5-20(13-18)21-6-2-4-19(14-21)16-27-10-7-23-8-11-27/h1-6,9,12-14,23H,7-8,10-11,15-17H2,(H,24,29). The van der Waals surface area contributed by atoms with Gasteiger partial charge in [-0.25, -0.2) is 4.68 Å². The van der Waals surface area contributed by atoms with Gasteiger partial charge in [0.2, 0.25) is 5.91 Å². The molecule has 3 aromatic rings. The molecule has 0 spiro atoms. The van der Waals surface area contributed by atoms with E-state index in [0.29, 0.717) is 6.54 Å². The second-order valence-corrected chi connectivity index (χ2v) is 7.30. The third kappa shape index (κ3) is 5.49. The second-order valence-electron chi connectivity index (χ2n) is 7.30. The normalized spacial score (nSPS) is 14.6. The molecule has 1 saturated heterocycles. The van der Waals surface area contributed by atoms with E-state index in [9.17, 15) is 4.79 Å². The maximum absolute atomic E-state index is 12.1. The average Bonchev–Trinajstić information content (AvgIpc) is 3.26. The molecule has 7 heteroatoms. The van der Waals surface area contributed by atoms with Gasteiger partial charge in [0.25, 0.3) is 0 Å². The van der Waals surface area contributed by atoms with Crippen LogP contribution < -0.4 is 10.6 Å². The van der Waals surface area contributed by atoms with Gasteiger partial charge in [-0.2, -0.15) is 0 Å². The Morgan fingerprint density at radius 1 is 1.03 bits per heavy atom. The molecule has 2 N–H and O–H groups in total. The van der Waals surface area contributed by atoms with Crippen molar-refractivity contribution in [3.8, 4) is 11.1 Å². The number of carbonyl (C=O) groups excluding carboxylic acids is 1. The summed E-state index contributed by atoms with van der Waals surface area (Å²) in [5, 5.41) is 13.9. The van der Waals surface area contributed by atoms with Crippen molar-refractivity contribution in [2.24, 2.45) is 0 Å². The number of rotatable bonds is 7. The smallest absolute Gasteiger partial charge is 0.242 e. The highest BCUT2D eigenvalue weighted by atomic mass is 16.2. The number of amides is 1. The topological polar surface area (TPSA) is 75.1 Å². The number of nitrogens with one attached hydrogen (secondary N) is 2. The number of piperazine rings is 1. The molecule has 0 aliphatic carbocycles. The van der Waals surface area contributed by atoms with E-state index >= 15 is 0 Å². The molecule has 1 aliphatic rings. The van der Waals surface area contributed by atoms with Crippen LogP contribution in [-0.2, 0) is 24.4 Å². The van der Waals surface area contributed by atoms with E-state index in [2.05, 4.69) is 62.2 Å². The summed E-state index contributed by atoms with van der Waals surface area (Å²) >= 11 is 0. The molecule has 1 fully saturated rings. The van der Waals surface area contributed by atoms with Crippen LogP contribution in [0.25, 0.3) is 11.1 Å². The summed E-state index contributed by atoms with van der Waals surface area (Å²) in [5.41, 5.74) is 4.77. The van der Waals surface area contributed by atoms with Crippen molar-refractivity contribution in [2.75, 3.05) is 26.2 Å². The highest BCUT2D eigenvalue weighted by molar-refractivity contribution is 5.75. The SMILES string of the molecule is O=C(Cn1ccnn1)NCc1cccc(-c2cccc(CN3CCNCC3)c2)c1. The van der Waals surface area contributed by atoms with Gasteiger partial charge in [-0.05, 0) is 34.4 Å². The first kappa shape index (κ1) is 19.3. The molecule has 1 aliphatic heterocycles. The number of hydrogen-bond donors (Lipinski definition) is 2. The van der Waals surface area contributed by atoms with E-state index in [1.54, 1.807) is 12.4 Å². The Balaban J connectivity index is 1.38.